The average Bonchev–Trinajstić information content (AvgIpc) is 3.21. The van der Waals surface area contributed by atoms with Crippen molar-refractivity contribution in [1.29, 1.82) is 0 Å². The molecule has 3 rings (SSSR count). The number of rotatable bonds is 6. The number of carbonyl (C=O) groups excluding carboxylic acids is 3. The number of furan rings is 1. The van der Waals surface area contributed by atoms with Gasteiger partial charge in [0.1, 0.15) is 17.4 Å². The fourth-order valence-corrected chi connectivity index (χ4v) is 3.44. The van der Waals surface area contributed by atoms with Gasteiger partial charge in [-0.05, 0) is 39.8 Å². The van der Waals surface area contributed by atoms with Crippen LogP contribution in [-0.4, -0.2) is 67.4 Å². The number of nitrogens with one attached hydrogen (secondary N) is 2. The predicted octanol–water partition coefficient (Wildman–Crippen LogP) is 1.49. The minimum Gasteiger partial charge on any atom is -0.467 e. The van der Waals surface area contributed by atoms with E-state index in [1.807, 2.05) is 4.90 Å². The van der Waals surface area contributed by atoms with Gasteiger partial charge in [-0.15, -0.1) is 0 Å². The van der Waals surface area contributed by atoms with Crippen molar-refractivity contribution in [2.75, 3.05) is 32.8 Å². The SMILES string of the molecule is CCOC(=O)C1=C(CN2CCO[C@H](C(=O)OC(C)(C)C)C2)NC(=O)N[C@H]1c1ccco1. The molecular formula is C21H29N3O7. The quantitative estimate of drug-likeness (QED) is 0.645. The van der Waals surface area contributed by atoms with Crippen LogP contribution in [0.1, 0.15) is 39.5 Å². The lowest BCUT2D eigenvalue weighted by Crippen LogP contribution is -2.52. The smallest absolute Gasteiger partial charge is 0.338 e. The summed E-state index contributed by atoms with van der Waals surface area (Å²) in [6.45, 7) is 8.61. The molecule has 0 spiro atoms. The highest BCUT2D eigenvalue weighted by Crippen LogP contribution is 2.28. The Labute approximate surface area is 180 Å². The second kappa shape index (κ2) is 9.52. The maximum Gasteiger partial charge on any atom is 0.338 e. The Bertz CT molecular complexity index is 842. The maximum absolute atomic E-state index is 12.8. The van der Waals surface area contributed by atoms with Gasteiger partial charge >= 0.3 is 18.0 Å². The Morgan fingerprint density at radius 2 is 2.10 bits per heavy atom. The Kier molecular flexibility index (Phi) is 7.01. The molecule has 2 atom stereocenters. The zero-order valence-corrected chi connectivity index (χ0v) is 18.2. The van der Waals surface area contributed by atoms with Crippen LogP contribution in [0.2, 0.25) is 0 Å². The Morgan fingerprint density at radius 1 is 1.32 bits per heavy atom. The summed E-state index contributed by atoms with van der Waals surface area (Å²) in [5, 5.41) is 5.42. The van der Waals surface area contributed by atoms with E-state index in [4.69, 9.17) is 18.6 Å². The summed E-state index contributed by atoms with van der Waals surface area (Å²) >= 11 is 0. The highest BCUT2D eigenvalue weighted by Gasteiger charge is 2.37. The van der Waals surface area contributed by atoms with Crippen LogP contribution in [0.4, 0.5) is 4.79 Å². The highest BCUT2D eigenvalue weighted by atomic mass is 16.6. The molecule has 1 saturated heterocycles. The van der Waals surface area contributed by atoms with E-state index >= 15 is 0 Å². The van der Waals surface area contributed by atoms with Gasteiger partial charge in [-0.2, -0.15) is 0 Å². The molecule has 0 bridgehead atoms. The van der Waals surface area contributed by atoms with E-state index in [2.05, 4.69) is 10.6 Å². The number of esters is 2. The summed E-state index contributed by atoms with van der Waals surface area (Å²) in [6.07, 6.45) is 0.720. The molecule has 1 fully saturated rings. The van der Waals surface area contributed by atoms with Crippen LogP contribution < -0.4 is 10.6 Å². The minimum atomic E-state index is -0.777. The summed E-state index contributed by atoms with van der Waals surface area (Å²) in [6, 6.07) is 2.13. The zero-order valence-electron chi connectivity index (χ0n) is 18.2. The zero-order chi connectivity index (χ0) is 22.6. The molecule has 2 amide bonds. The van der Waals surface area contributed by atoms with Crippen LogP contribution >= 0.6 is 0 Å². The first kappa shape index (κ1) is 22.8. The van der Waals surface area contributed by atoms with E-state index in [1.165, 1.54) is 6.26 Å². The van der Waals surface area contributed by atoms with Gasteiger partial charge in [0, 0.05) is 25.3 Å². The van der Waals surface area contributed by atoms with Crippen LogP contribution in [0.25, 0.3) is 0 Å². The fourth-order valence-electron chi connectivity index (χ4n) is 3.44. The van der Waals surface area contributed by atoms with Gasteiger partial charge in [-0.1, -0.05) is 0 Å². The lowest BCUT2D eigenvalue weighted by Gasteiger charge is -2.35. The molecule has 2 aliphatic heterocycles. The van der Waals surface area contributed by atoms with Gasteiger partial charge in [0.25, 0.3) is 0 Å². The fraction of sp³-hybridized carbons (Fsp3) is 0.571. The van der Waals surface area contributed by atoms with Crippen molar-refractivity contribution in [3.8, 4) is 0 Å². The number of ether oxygens (including phenoxy) is 3. The molecule has 2 aliphatic rings. The summed E-state index contributed by atoms with van der Waals surface area (Å²) in [7, 11) is 0. The third kappa shape index (κ3) is 5.86. The van der Waals surface area contributed by atoms with Gasteiger partial charge in [0.15, 0.2) is 6.10 Å². The number of nitrogens with zero attached hydrogens (tertiary/aromatic N) is 1. The molecular weight excluding hydrogens is 406 g/mol. The van der Waals surface area contributed by atoms with E-state index in [0.29, 0.717) is 24.6 Å². The predicted molar refractivity (Wildman–Crippen MR) is 109 cm³/mol. The Hall–Kier alpha value is -2.85. The van der Waals surface area contributed by atoms with Gasteiger partial charge in [0.05, 0.1) is 25.1 Å². The first-order valence-electron chi connectivity index (χ1n) is 10.3. The van der Waals surface area contributed by atoms with Crippen LogP contribution in [0.3, 0.4) is 0 Å². The van der Waals surface area contributed by atoms with Crippen LogP contribution in [0.15, 0.2) is 34.1 Å². The van der Waals surface area contributed by atoms with Crippen molar-refractivity contribution in [2.45, 2.75) is 45.4 Å². The lowest BCUT2D eigenvalue weighted by atomic mass is 9.99. The molecule has 0 saturated carbocycles. The van der Waals surface area contributed by atoms with Gasteiger partial charge < -0.3 is 29.3 Å². The van der Waals surface area contributed by atoms with Crippen molar-refractivity contribution >= 4 is 18.0 Å². The molecule has 1 aromatic heterocycles. The standard InChI is InChI=1S/C21H29N3O7/c1-5-28-19(26)16-13(22-20(27)23-17(16)14-7-6-9-29-14)11-24-8-10-30-15(12-24)18(25)31-21(2,3)4/h6-7,9,15,17H,5,8,10-12H2,1-4H3,(H2,22,23,27)/t15-,17-/m0/s1. The van der Waals surface area contributed by atoms with Crippen molar-refractivity contribution in [1.82, 2.24) is 15.5 Å². The molecule has 170 valence electrons. The molecule has 2 N–H and O–H groups in total. The van der Waals surface area contributed by atoms with Gasteiger partial charge in [-0.3, -0.25) is 4.90 Å². The van der Waals surface area contributed by atoms with Crippen LogP contribution in [-0.2, 0) is 23.8 Å². The third-order valence-electron chi connectivity index (χ3n) is 4.68. The number of carbonyl (C=O) groups is 3. The minimum absolute atomic E-state index is 0.187. The van der Waals surface area contributed by atoms with Crippen molar-refractivity contribution < 1.29 is 33.0 Å². The maximum atomic E-state index is 12.8. The average molecular weight is 435 g/mol. The van der Waals surface area contributed by atoms with E-state index in [-0.39, 0.29) is 25.3 Å². The van der Waals surface area contributed by atoms with Crippen LogP contribution in [0.5, 0.6) is 0 Å². The molecule has 0 unspecified atom stereocenters. The molecule has 3 heterocycles. The third-order valence-corrected chi connectivity index (χ3v) is 4.68. The number of hydrogen-bond acceptors (Lipinski definition) is 8. The first-order chi connectivity index (χ1) is 14.7. The van der Waals surface area contributed by atoms with Gasteiger partial charge in [0.2, 0.25) is 0 Å². The number of amides is 2. The summed E-state index contributed by atoms with van der Waals surface area (Å²) in [5.41, 5.74) is 0.0341. The Morgan fingerprint density at radius 3 is 2.74 bits per heavy atom. The Balaban J connectivity index is 1.83. The number of urea groups is 1. The second-order valence-electron chi connectivity index (χ2n) is 8.29. The molecule has 0 aromatic carbocycles. The van der Waals surface area contributed by atoms with Crippen molar-refractivity contribution in [3.05, 3.63) is 35.4 Å². The monoisotopic (exact) mass is 435 g/mol. The summed E-state index contributed by atoms with van der Waals surface area (Å²) < 4.78 is 21.7. The molecule has 10 heteroatoms. The molecule has 10 nitrogen and oxygen atoms in total. The molecule has 1 aromatic rings. The first-order valence-corrected chi connectivity index (χ1v) is 10.3. The van der Waals surface area contributed by atoms with Crippen molar-refractivity contribution in [3.63, 3.8) is 0 Å². The lowest BCUT2D eigenvalue weighted by molar-refractivity contribution is -0.173. The molecule has 31 heavy (non-hydrogen) atoms. The molecule has 0 radical (unpaired) electrons. The molecule has 0 aliphatic carbocycles. The topological polar surface area (TPSA) is 119 Å². The summed E-state index contributed by atoms with van der Waals surface area (Å²) in [5.74, 6) is -0.577. The second-order valence-corrected chi connectivity index (χ2v) is 8.29. The van der Waals surface area contributed by atoms with Gasteiger partial charge in [-0.25, -0.2) is 14.4 Å². The largest absolute Gasteiger partial charge is 0.467 e. The number of morpholine rings is 1. The van der Waals surface area contributed by atoms with Crippen LogP contribution in [0, 0.1) is 0 Å². The van der Waals surface area contributed by atoms with E-state index in [1.54, 1.807) is 39.8 Å². The van der Waals surface area contributed by atoms with Crippen molar-refractivity contribution in [2.24, 2.45) is 0 Å². The van der Waals surface area contributed by atoms with E-state index in [9.17, 15) is 14.4 Å². The highest BCUT2D eigenvalue weighted by molar-refractivity contribution is 5.95. The normalized spacial score (nSPS) is 22.5. The number of hydrogen-bond donors (Lipinski definition) is 2. The van der Waals surface area contributed by atoms with E-state index in [0.717, 1.165) is 0 Å². The van der Waals surface area contributed by atoms with E-state index < -0.39 is 35.7 Å². The summed E-state index contributed by atoms with van der Waals surface area (Å²) in [4.78, 5) is 39.4.